The smallest absolute Gasteiger partial charge is 0.338 e. The molecule has 0 atom stereocenters. The van der Waals surface area contributed by atoms with Crippen molar-refractivity contribution in [2.24, 2.45) is 0 Å². The molecule has 0 aromatic heterocycles. The van der Waals surface area contributed by atoms with E-state index in [0.717, 1.165) is 24.7 Å². The fourth-order valence-corrected chi connectivity index (χ4v) is 1.16. The zero-order valence-corrected chi connectivity index (χ0v) is 12.5. The van der Waals surface area contributed by atoms with E-state index in [4.69, 9.17) is 4.74 Å². The maximum absolute atomic E-state index is 13.8. The Morgan fingerprint density at radius 1 is 0.957 bits per heavy atom. The SMILES string of the molecule is C=C(C)C(=O)O/C=C\Oc1ccc(OC(=O)C(=C)C)c(F)c1F. The molecule has 0 fully saturated rings. The van der Waals surface area contributed by atoms with Gasteiger partial charge in [-0.05, 0) is 26.0 Å². The van der Waals surface area contributed by atoms with Gasteiger partial charge in [0.1, 0.15) is 12.5 Å². The molecule has 0 aliphatic rings. The van der Waals surface area contributed by atoms with Gasteiger partial charge >= 0.3 is 11.9 Å². The molecule has 0 saturated carbocycles. The van der Waals surface area contributed by atoms with E-state index in [1.165, 1.54) is 13.8 Å². The molecule has 1 aromatic rings. The minimum Gasteiger partial charge on any atom is -0.459 e. The van der Waals surface area contributed by atoms with Crippen molar-refractivity contribution in [3.8, 4) is 11.5 Å². The van der Waals surface area contributed by atoms with Crippen molar-refractivity contribution in [1.82, 2.24) is 0 Å². The van der Waals surface area contributed by atoms with Crippen molar-refractivity contribution in [2.45, 2.75) is 13.8 Å². The van der Waals surface area contributed by atoms with E-state index >= 15 is 0 Å². The largest absolute Gasteiger partial charge is 0.459 e. The number of hydrogen-bond acceptors (Lipinski definition) is 5. The van der Waals surface area contributed by atoms with E-state index in [0.29, 0.717) is 0 Å². The lowest BCUT2D eigenvalue weighted by atomic mass is 10.3. The van der Waals surface area contributed by atoms with Crippen LogP contribution in [0.5, 0.6) is 11.5 Å². The number of ether oxygens (including phenoxy) is 3. The van der Waals surface area contributed by atoms with Gasteiger partial charge in [-0.1, -0.05) is 13.2 Å². The van der Waals surface area contributed by atoms with E-state index in [2.05, 4.69) is 22.6 Å². The second kappa shape index (κ2) is 7.88. The maximum atomic E-state index is 13.8. The zero-order valence-electron chi connectivity index (χ0n) is 12.5. The predicted molar refractivity (Wildman–Crippen MR) is 77.5 cm³/mol. The van der Waals surface area contributed by atoms with Crippen molar-refractivity contribution in [3.05, 3.63) is 60.6 Å². The summed E-state index contributed by atoms with van der Waals surface area (Å²) in [5, 5.41) is 0. The van der Waals surface area contributed by atoms with E-state index < -0.39 is 35.1 Å². The highest BCUT2D eigenvalue weighted by atomic mass is 19.2. The van der Waals surface area contributed by atoms with Crippen LogP contribution in [-0.4, -0.2) is 11.9 Å². The first-order chi connectivity index (χ1) is 10.7. The average Bonchev–Trinajstić information content (AvgIpc) is 2.49. The maximum Gasteiger partial charge on any atom is 0.338 e. The number of rotatable bonds is 6. The molecule has 0 radical (unpaired) electrons. The molecule has 0 saturated heterocycles. The molecule has 1 rings (SSSR count). The first kappa shape index (κ1) is 18.1. The van der Waals surface area contributed by atoms with Gasteiger partial charge in [-0.3, -0.25) is 0 Å². The van der Waals surface area contributed by atoms with Crippen LogP contribution in [0.3, 0.4) is 0 Å². The lowest BCUT2D eigenvalue weighted by molar-refractivity contribution is -0.133. The van der Waals surface area contributed by atoms with Crippen LogP contribution in [0.25, 0.3) is 0 Å². The van der Waals surface area contributed by atoms with Crippen LogP contribution in [0.1, 0.15) is 13.8 Å². The highest BCUT2D eigenvalue weighted by Crippen LogP contribution is 2.28. The standard InChI is InChI=1S/C16H14F2O5/c1-9(2)15(19)22-8-7-21-11-5-6-12(14(18)13(11)17)23-16(20)10(3)4/h5-8H,1,3H2,2,4H3/b8-7-. The fraction of sp³-hybridized carbons (Fsp3) is 0.125. The van der Waals surface area contributed by atoms with Crippen LogP contribution >= 0.6 is 0 Å². The van der Waals surface area contributed by atoms with Crippen molar-refractivity contribution in [1.29, 1.82) is 0 Å². The fourth-order valence-electron chi connectivity index (χ4n) is 1.16. The molecule has 122 valence electrons. The molecular weight excluding hydrogens is 310 g/mol. The van der Waals surface area contributed by atoms with Gasteiger partial charge in [0, 0.05) is 11.1 Å². The van der Waals surface area contributed by atoms with Crippen molar-refractivity contribution in [2.75, 3.05) is 0 Å². The summed E-state index contributed by atoms with van der Waals surface area (Å²) >= 11 is 0. The molecule has 5 nitrogen and oxygen atoms in total. The normalized spacial score (nSPS) is 10.3. The van der Waals surface area contributed by atoms with Crippen LogP contribution in [0.4, 0.5) is 8.78 Å². The van der Waals surface area contributed by atoms with Crippen molar-refractivity contribution < 1.29 is 32.6 Å². The van der Waals surface area contributed by atoms with E-state index in [1.54, 1.807) is 0 Å². The number of halogens is 2. The van der Waals surface area contributed by atoms with Gasteiger partial charge < -0.3 is 14.2 Å². The molecule has 0 aliphatic heterocycles. The Morgan fingerprint density at radius 2 is 1.48 bits per heavy atom. The number of carbonyl (C=O) groups is 2. The molecular formula is C16H14F2O5. The van der Waals surface area contributed by atoms with Gasteiger partial charge in [0.2, 0.25) is 11.6 Å². The molecule has 0 unspecified atom stereocenters. The van der Waals surface area contributed by atoms with Crippen LogP contribution in [0.15, 0.2) is 49.0 Å². The quantitative estimate of drug-likeness (QED) is 0.347. The number of benzene rings is 1. The summed E-state index contributed by atoms with van der Waals surface area (Å²) < 4.78 is 41.5. The van der Waals surface area contributed by atoms with Gasteiger partial charge in [-0.15, -0.1) is 0 Å². The van der Waals surface area contributed by atoms with Crippen LogP contribution < -0.4 is 9.47 Å². The molecule has 23 heavy (non-hydrogen) atoms. The number of carbonyl (C=O) groups excluding carboxylic acids is 2. The Balaban J connectivity index is 2.79. The molecule has 1 aromatic carbocycles. The third kappa shape index (κ3) is 5.06. The minimum atomic E-state index is -1.40. The topological polar surface area (TPSA) is 61.8 Å². The highest BCUT2D eigenvalue weighted by Gasteiger charge is 2.18. The average molecular weight is 324 g/mol. The summed E-state index contributed by atoms with van der Waals surface area (Å²) in [6, 6.07) is 2.06. The van der Waals surface area contributed by atoms with Crippen LogP contribution in [-0.2, 0) is 14.3 Å². The Bertz CT molecular complexity index is 692. The number of hydrogen-bond donors (Lipinski definition) is 0. The lowest BCUT2D eigenvalue weighted by Crippen LogP contribution is -2.10. The lowest BCUT2D eigenvalue weighted by Gasteiger charge is -2.08. The van der Waals surface area contributed by atoms with Gasteiger partial charge in [-0.25, -0.2) is 9.59 Å². The first-order valence-corrected chi connectivity index (χ1v) is 6.28. The summed E-state index contributed by atoms with van der Waals surface area (Å²) in [5.41, 5.74) is 0.197. The summed E-state index contributed by atoms with van der Waals surface area (Å²) in [6.45, 7) is 9.49. The number of esters is 2. The van der Waals surface area contributed by atoms with Gasteiger partial charge in [-0.2, -0.15) is 8.78 Å². The molecule has 0 aliphatic carbocycles. The molecule has 0 spiro atoms. The summed E-state index contributed by atoms with van der Waals surface area (Å²) in [6.07, 6.45) is 1.70. The Hall–Kier alpha value is -2.96. The van der Waals surface area contributed by atoms with Gasteiger partial charge in [0.15, 0.2) is 11.5 Å². The summed E-state index contributed by atoms with van der Waals surface area (Å²) in [4.78, 5) is 22.3. The molecule has 0 bridgehead atoms. The van der Waals surface area contributed by atoms with Crippen LogP contribution in [0, 0.1) is 11.6 Å². The Kier molecular flexibility index (Phi) is 6.20. The molecule has 0 heterocycles. The van der Waals surface area contributed by atoms with E-state index in [9.17, 15) is 18.4 Å². The van der Waals surface area contributed by atoms with E-state index in [1.807, 2.05) is 0 Å². The highest BCUT2D eigenvalue weighted by molar-refractivity contribution is 5.88. The Labute approximate surface area is 131 Å². The van der Waals surface area contributed by atoms with Gasteiger partial charge in [0.25, 0.3) is 0 Å². The van der Waals surface area contributed by atoms with Crippen molar-refractivity contribution in [3.63, 3.8) is 0 Å². The predicted octanol–water partition coefficient (Wildman–Crippen LogP) is 3.42. The monoisotopic (exact) mass is 324 g/mol. The second-order valence-corrected chi connectivity index (χ2v) is 4.44. The summed E-state index contributed by atoms with van der Waals surface area (Å²) in [5.74, 6) is -5.43. The van der Waals surface area contributed by atoms with Gasteiger partial charge in [0.05, 0.1) is 0 Å². The summed E-state index contributed by atoms with van der Waals surface area (Å²) in [7, 11) is 0. The zero-order chi connectivity index (χ0) is 17.6. The minimum absolute atomic E-state index is 0.0346. The van der Waals surface area contributed by atoms with Crippen LogP contribution in [0.2, 0.25) is 0 Å². The molecule has 0 N–H and O–H groups in total. The molecule has 0 amide bonds. The van der Waals surface area contributed by atoms with Crippen molar-refractivity contribution >= 4 is 11.9 Å². The first-order valence-electron chi connectivity index (χ1n) is 6.28. The second-order valence-electron chi connectivity index (χ2n) is 4.44. The third-order valence-corrected chi connectivity index (χ3v) is 2.34. The van der Waals surface area contributed by atoms with E-state index in [-0.39, 0.29) is 11.1 Å². The Morgan fingerprint density at radius 3 is 2.04 bits per heavy atom. The third-order valence-electron chi connectivity index (χ3n) is 2.34. The molecule has 7 heteroatoms.